The van der Waals surface area contributed by atoms with Gasteiger partial charge in [-0.1, -0.05) is 30.0 Å². The first-order valence-electron chi connectivity index (χ1n) is 9.67. The monoisotopic (exact) mass is 409 g/mol. The fourth-order valence-electron chi connectivity index (χ4n) is 2.93. The zero-order chi connectivity index (χ0) is 20.2. The van der Waals surface area contributed by atoms with Crippen molar-refractivity contribution in [2.75, 3.05) is 12.4 Å². The smallest absolute Gasteiger partial charge is 0.209 e. The Balaban J connectivity index is 1.33. The van der Waals surface area contributed by atoms with Gasteiger partial charge in [-0.05, 0) is 56.2 Å². The van der Waals surface area contributed by atoms with Gasteiger partial charge in [-0.25, -0.2) is 9.67 Å². The van der Waals surface area contributed by atoms with E-state index in [1.807, 2.05) is 35.0 Å². The highest BCUT2D eigenvalue weighted by molar-refractivity contribution is 7.99. The Hall–Kier alpha value is -2.64. The van der Waals surface area contributed by atoms with Crippen LogP contribution in [0.4, 0.5) is 0 Å². The second-order valence-electron chi connectivity index (χ2n) is 7.13. The van der Waals surface area contributed by atoms with E-state index in [0.29, 0.717) is 28.1 Å². The number of aromatic nitrogens is 3. The average Bonchev–Trinajstić information content (AvgIpc) is 3.51. The standard InChI is InChI=1S/C22H23N3O3S/c1-15(26)16-9-11-20(12-10-16)28-13-19(27)14-29-22-23-21(17-7-8-17)25(24-22)18-5-3-2-4-6-18/h2-6,9-12,17,19,27H,7-8,13-14H2,1H3/t19-/m1/s1. The van der Waals surface area contributed by atoms with Gasteiger partial charge in [0.1, 0.15) is 18.2 Å². The van der Waals surface area contributed by atoms with Crippen molar-refractivity contribution in [3.05, 3.63) is 66.0 Å². The second kappa shape index (κ2) is 8.80. The number of para-hydroxylation sites is 1. The van der Waals surface area contributed by atoms with Gasteiger partial charge in [-0.2, -0.15) is 0 Å². The van der Waals surface area contributed by atoms with Gasteiger partial charge < -0.3 is 9.84 Å². The maximum Gasteiger partial charge on any atom is 0.209 e. The summed E-state index contributed by atoms with van der Waals surface area (Å²) in [5, 5.41) is 15.6. The first-order valence-corrected chi connectivity index (χ1v) is 10.7. The molecule has 1 aliphatic rings. The van der Waals surface area contributed by atoms with Crippen molar-refractivity contribution >= 4 is 17.5 Å². The number of aliphatic hydroxyl groups excluding tert-OH is 1. The molecule has 1 atom stereocenters. The molecule has 3 aromatic rings. The highest BCUT2D eigenvalue weighted by Gasteiger charge is 2.30. The van der Waals surface area contributed by atoms with Crippen LogP contribution in [0.25, 0.3) is 5.69 Å². The topological polar surface area (TPSA) is 77.2 Å². The molecular weight excluding hydrogens is 386 g/mol. The number of rotatable bonds is 9. The van der Waals surface area contributed by atoms with E-state index in [4.69, 9.17) is 9.72 Å². The lowest BCUT2D eigenvalue weighted by Crippen LogP contribution is -2.20. The third-order valence-electron chi connectivity index (χ3n) is 4.66. The van der Waals surface area contributed by atoms with E-state index >= 15 is 0 Å². The summed E-state index contributed by atoms with van der Waals surface area (Å²) in [6.45, 7) is 1.69. The highest BCUT2D eigenvalue weighted by atomic mass is 32.2. The summed E-state index contributed by atoms with van der Waals surface area (Å²) < 4.78 is 7.53. The predicted octanol–water partition coefficient (Wildman–Crippen LogP) is 3.88. The van der Waals surface area contributed by atoms with Crippen molar-refractivity contribution in [1.29, 1.82) is 0 Å². The SMILES string of the molecule is CC(=O)c1ccc(OC[C@@H](O)CSc2nc(C3CC3)n(-c3ccccc3)n2)cc1. The average molecular weight is 410 g/mol. The van der Waals surface area contributed by atoms with Crippen LogP contribution in [0, 0.1) is 0 Å². The molecule has 0 radical (unpaired) electrons. The number of benzene rings is 2. The molecule has 0 bridgehead atoms. The Morgan fingerprint density at radius 1 is 1.21 bits per heavy atom. The van der Waals surface area contributed by atoms with E-state index in [2.05, 4.69) is 5.10 Å². The molecule has 2 aromatic carbocycles. The third-order valence-corrected chi connectivity index (χ3v) is 5.65. The lowest BCUT2D eigenvalue weighted by Gasteiger charge is -2.11. The predicted molar refractivity (Wildman–Crippen MR) is 112 cm³/mol. The van der Waals surface area contributed by atoms with Crippen molar-refractivity contribution < 1.29 is 14.6 Å². The summed E-state index contributed by atoms with van der Waals surface area (Å²) in [5.41, 5.74) is 1.65. The number of aliphatic hydroxyl groups is 1. The van der Waals surface area contributed by atoms with Crippen LogP contribution >= 0.6 is 11.8 Å². The number of hydrogen-bond acceptors (Lipinski definition) is 6. The number of ether oxygens (including phenoxy) is 1. The number of nitrogens with zero attached hydrogens (tertiary/aromatic N) is 3. The minimum atomic E-state index is -0.652. The van der Waals surface area contributed by atoms with E-state index in [1.165, 1.54) is 18.7 Å². The normalized spacial score (nSPS) is 14.6. The molecule has 4 rings (SSSR count). The summed E-state index contributed by atoms with van der Waals surface area (Å²) in [6, 6.07) is 16.9. The molecule has 0 saturated heterocycles. The van der Waals surface area contributed by atoms with Crippen LogP contribution in [0.1, 0.15) is 41.9 Å². The molecule has 0 spiro atoms. The zero-order valence-electron chi connectivity index (χ0n) is 16.2. The van der Waals surface area contributed by atoms with E-state index < -0.39 is 6.10 Å². The largest absolute Gasteiger partial charge is 0.491 e. The molecule has 29 heavy (non-hydrogen) atoms. The molecule has 1 saturated carbocycles. The quantitative estimate of drug-likeness (QED) is 0.427. The Bertz CT molecular complexity index is 969. The van der Waals surface area contributed by atoms with Gasteiger partial charge in [0.25, 0.3) is 0 Å². The second-order valence-corrected chi connectivity index (χ2v) is 8.12. The zero-order valence-corrected chi connectivity index (χ0v) is 17.0. The molecular formula is C22H23N3O3S. The minimum Gasteiger partial charge on any atom is -0.491 e. The van der Waals surface area contributed by atoms with Crippen LogP contribution in [-0.2, 0) is 0 Å². The van der Waals surface area contributed by atoms with Crippen molar-refractivity contribution in [2.45, 2.75) is 36.9 Å². The number of carbonyl (C=O) groups excluding carboxylic acids is 1. The van der Waals surface area contributed by atoms with Gasteiger partial charge in [0.05, 0.1) is 11.8 Å². The van der Waals surface area contributed by atoms with Crippen molar-refractivity contribution in [2.24, 2.45) is 0 Å². The van der Waals surface area contributed by atoms with Gasteiger partial charge in [0, 0.05) is 17.2 Å². The van der Waals surface area contributed by atoms with Crippen LogP contribution in [0.5, 0.6) is 5.75 Å². The van der Waals surface area contributed by atoms with Crippen LogP contribution in [-0.4, -0.2) is 44.1 Å². The molecule has 1 aromatic heterocycles. The Morgan fingerprint density at radius 2 is 1.93 bits per heavy atom. The number of thioether (sulfide) groups is 1. The fourth-order valence-corrected chi connectivity index (χ4v) is 3.66. The molecule has 0 aliphatic heterocycles. The maximum absolute atomic E-state index is 11.3. The third kappa shape index (κ3) is 5.05. The number of carbonyl (C=O) groups is 1. The van der Waals surface area contributed by atoms with Gasteiger partial charge in [-0.3, -0.25) is 4.79 Å². The molecule has 1 N–H and O–H groups in total. The lowest BCUT2D eigenvalue weighted by molar-refractivity contribution is 0.101. The molecule has 1 fully saturated rings. The number of Topliss-reactive ketones (excluding diaryl/α,β-unsaturated/α-hetero) is 1. The van der Waals surface area contributed by atoms with E-state index in [0.717, 1.165) is 24.4 Å². The van der Waals surface area contributed by atoms with Gasteiger partial charge in [0.15, 0.2) is 5.78 Å². The van der Waals surface area contributed by atoms with Gasteiger partial charge >= 0.3 is 0 Å². The molecule has 1 aliphatic carbocycles. The molecule has 0 unspecified atom stereocenters. The Labute approximate surface area is 173 Å². The number of hydrogen-bond donors (Lipinski definition) is 1. The van der Waals surface area contributed by atoms with Gasteiger partial charge in [-0.15, -0.1) is 5.10 Å². The molecule has 150 valence electrons. The molecule has 1 heterocycles. The van der Waals surface area contributed by atoms with Crippen LogP contribution < -0.4 is 4.74 Å². The summed E-state index contributed by atoms with van der Waals surface area (Å²) in [6.07, 6.45) is 1.64. The summed E-state index contributed by atoms with van der Waals surface area (Å²) in [5.74, 6) is 2.55. The first-order chi connectivity index (χ1) is 14.1. The van der Waals surface area contributed by atoms with Crippen LogP contribution in [0.15, 0.2) is 59.8 Å². The first kappa shape index (κ1) is 19.7. The highest BCUT2D eigenvalue weighted by Crippen LogP contribution is 2.40. The summed E-state index contributed by atoms with van der Waals surface area (Å²) in [4.78, 5) is 16.0. The molecule has 7 heteroatoms. The van der Waals surface area contributed by atoms with Crippen LogP contribution in [0.2, 0.25) is 0 Å². The Morgan fingerprint density at radius 3 is 2.59 bits per heavy atom. The van der Waals surface area contributed by atoms with Crippen molar-refractivity contribution in [3.8, 4) is 11.4 Å². The van der Waals surface area contributed by atoms with Crippen molar-refractivity contribution in [1.82, 2.24) is 14.8 Å². The Kier molecular flexibility index (Phi) is 5.97. The summed E-state index contributed by atoms with van der Waals surface area (Å²) in [7, 11) is 0. The maximum atomic E-state index is 11.3. The molecule has 6 nitrogen and oxygen atoms in total. The van der Waals surface area contributed by atoms with Gasteiger partial charge in [0.2, 0.25) is 5.16 Å². The summed E-state index contributed by atoms with van der Waals surface area (Å²) >= 11 is 1.43. The number of ketones is 1. The van der Waals surface area contributed by atoms with E-state index in [-0.39, 0.29) is 12.4 Å². The fraction of sp³-hybridized carbons (Fsp3) is 0.318. The minimum absolute atomic E-state index is 0.0148. The van der Waals surface area contributed by atoms with Crippen LogP contribution in [0.3, 0.4) is 0 Å². The van der Waals surface area contributed by atoms with E-state index in [1.54, 1.807) is 24.3 Å². The lowest BCUT2D eigenvalue weighted by atomic mass is 10.1. The molecule has 0 amide bonds. The van der Waals surface area contributed by atoms with Crippen molar-refractivity contribution in [3.63, 3.8) is 0 Å². The van der Waals surface area contributed by atoms with E-state index in [9.17, 15) is 9.90 Å².